The van der Waals surface area contributed by atoms with Crippen LogP contribution >= 0.6 is 0 Å². The normalized spacial score (nSPS) is 10.6. The lowest BCUT2D eigenvalue weighted by atomic mass is 9.85. The molecule has 4 aromatic rings. The molecule has 0 aliphatic heterocycles. The number of aryl methyl sites for hydroxylation is 1. The van der Waals surface area contributed by atoms with Gasteiger partial charge < -0.3 is 0 Å². The third kappa shape index (κ3) is 3.32. The standard InChI is InChI=1S/C26H20O/c1-19-17-18-23(26(27)22-15-9-4-10-16-22)25(21-13-7-3-8-14-21)24(19)20-11-5-2-6-12-20/h2-18H,1H3. The summed E-state index contributed by atoms with van der Waals surface area (Å²) in [5, 5.41) is 0. The molecule has 0 unspecified atom stereocenters. The molecule has 0 atom stereocenters. The Hall–Kier alpha value is -3.45. The first-order valence-corrected chi connectivity index (χ1v) is 9.10. The predicted octanol–water partition coefficient (Wildman–Crippen LogP) is 6.56. The summed E-state index contributed by atoms with van der Waals surface area (Å²) in [5.74, 6) is 0.0478. The topological polar surface area (TPSA) is 17.1 Å². The van der Waals surface area contributed by atoms with Crippen molar-refractivity contribution in [2.45, 2.75) is 6.92 Å². The Labute approximate surface area is 159 Å². The van der Waals surface area contributed by atoms with Crippen molar-refractivity contribution in [2.75, 3.05) is 0 Å². The summed E-state index contributed by atoms with van der Waals surface area (Å²) in [6, 6.07) is 34.0. The molecule has 0 saturated heterocycles. The largest absolute Gasteiger partial charge is 0.289 e. The molecule has 0 amide bonds. The van der Waals surface area contributed by atoms with Gasteiger partial charge in [0.1, 0.15) is 0 Å². The number of carbonyl (C=O) groups excluding carboxylic acids is 1. The summed E-state index contributed by atoms with van der Waals surface area (Å²) in [5.41, 5.74) is 6.88. The zero-order valence-corrected chi connectivity index (χ0v) is 15.2. The SMILES string of the molecule is Cc1ccc(C(=O)c2ccccc2)c(-c2ccccc2)c1-c1ccccc1. The zero-order chi connectivity index (χ0) is 18.6. The Morgan fingerprint density at radius 2 is 1.04 bits per heavy atom. The molecule has 0 radical (unpaired) electrons. The fourth-order valence-electron chi connectivity index (χ4n) is 3.52. The minimum absolute atomic E-state index is 0.0478. The van der Waals surface area contributed by atoms with E-state index in [0.29, 0.717) is 5.56 Å². The molecule has 0 N–H and O–H groups in total. The van der Waals surface area contributed by atoms with E-state index in [9.17, 15) is 4.79 Å². The van der Waals surface area contributed by atoms with Crippen LogP contribution in [0.5, 0.6) is 0 Å². The molecule has 130 valence electrons. The lowest BCUT2D eigenvalue weighted by molar-refractivity contribution is 0.103. The summed E-state index contributed by atoms with van der Waals surface area (Å²) in [6.45, 7) is 2.10. The van der Waals surface area contributed by atoms with Crippen LogP contribution in [-0.4, -0.2) is 5.78 Å². The number of hydrogen-bond acceptors (Lipinski definition) is 1. The third-order valence-corrected chi connectivity index (χ3v) is 4.82. The minimum atomic E-state index is 0.0478. The fourth-order valence-corrected chi connectivity index (χ4v) is 3.52. The van der Waals surface area contributed by atoms with E-state index in [1.165, 1.54) is 0 Å². The summed E-state index contributed by atoms with van der Waals surface area (Å²) in [4.78, 5) is 13.3. The van der Waals surface area contributed by atoms with E-state index in [1.807, 2.05) is 78.9 Å². The van der Waals surface area contributed by atoms with Crippen LogP contribution < -0.4 is 0 Å². The van der Waals surface area contributed by atoms with Gasteiger partial charge in [-0.2, -0.15) is 0 Å². The van der Waals surface area contributed by atoms with Gasteiger partial charge in [-0.05, 0) is 29.2 Å². The van der Waals surface area contributed by atoms with Gasteiger partial charge in [0, 0.05) is 16.7 Å². The van der Waals surface area contributed by atoms with Crippen molar-refractivity contribution in [3.63, 3.8) is 0 Å². The second-order valence-electron chi connectivity index (χ2n) is 6.61. The van der Waals surface area contributed by atoms with Crippen LogP contribution in [0.3, 0.4) is 0 Å². The van der Waals surface area contributed by atoms with Crippen molar-refractivity contribution < 1.29 is 4.79 Å². The van der Waals surface area contributed by atoms with Crippen LogP contribution in [-0.2, 0) is 0 Å². The van der Waals surface area contributed by atoms with Crippen LogP contribution in [0.4, 0.5) is 0 Å². The molecular formula is C26H20O. The molecule has 27 heavy (non-hydrogen) atoms. The summed E-state index contributed by atoms with van der Waals surface area (Å²) < 4.78 is 0. The van der Waals surface area contributed by atoms with Crippen LogP contribution in [0.1, 0.15) is 21.5 Å². The smallest absolute Gasteiger partial charge is 0.193 e. The number of hydrogen-bond donors (Lipinski definition) is 0. The van der Waals surface area contributed by atoms with Crippen molar-refractivity contribution in [3.8, 4) is 22.3 Å². The molecule has 0 fully saturated rings. The van der Waals surface area contributed by atoms with Crippen LogP contribution in [0.25, 0.3) is 22.3 Å². The van der Waals surface area contributed by atoms with Gasteiger partial charge in [0.25, 0.3) is 0 Å². The molecule has 0 bridgehead atoms. The number of benzene rings is 4. The van der Waals surface area contributed by atoms with Gasteiger partial charge >= 0.3 is 0 Å². The molecule has 0 aliphatic rings. The van der Waals surface area contributed by atoms with E-state index in [0.717, 1.165) is 33.4 Å². The van der Waals surface area contributed by atoms with Crippen LogP contribution in [0, 0.1) is 6.92 Å². The van der Waals surface area contributed by atoms with Gasteiger partial charge in [-0.15, -0.1) is 0 Å². The number of carbonyl (C=O) groups is 1. The molecule has 4 rings (SSSR count). The average molecular weight is 348 g/mol. The fraction of sp³-hybridized carbons (Fsp3) is 0.0385. The third-order valence-electron chi connectivity index (χ3n) is 4.82. The van der Waals surface area contributed by atoms with Crippen molar-refractivity contribution in [1.82, 2.24) is 0 Å². The van der Waals surface area contributed by atoms with Gasteiger partial charge in [-0.25, -0.2) is 0 Å². The van der Waals surface area contributed by atoms with Gasteiger partial charge in [-0.3, -0.25) is 4.79 Å². The van der Waals surface area contributed by atoms with E-state index >= 15 is 0 Å². The number of ketones is 1. The lowest BCUT2D eigenvalue weighted by Crippen LogP contribution is -2.05. The second kappa shape index (κ2) is 7.43. The molecule has 0 aliphatic carbocycles. The van der Waals surface area contributed by atoms with Gasteiger partial charge in [0.05, 0.1) is 0 Å². The maximum atomic E-state index is 13.3. The Balaban J connectivity index is 2.02. The summed E-state index contributed by atoms with van der Waals surface area (Å²) in [6.07, 6.45) is 0. The molecule has 0 spiro atoms. The van der Waals surface area contributed by atoms with E-state index < -0.39 is 0 Å². The predicted molar refractivity (Wildman–Crippen MR) is 112 cm³/mol. The average Bonchev–Trinajstić information content (AvgIpc) is 2.75. The Bertz CT molecular complexity index is 1070. The molecule has 4 aromatic carbocycles. The maximum Gasteiger partial charge on any atom is 0.193 e. The maximum absolute atomic E-state index is 13.3. The molecule has 0 heterocycles. The lowest BCUT2D eigenvalue weighted by Gasteiger charge is -2.18. The van der Waals surface area contributed by atoms with Crippen molar-refractivity contribution in [1.29, 1.82) is 0 Å². The monoisotopic (exact) mass is 348 g/mol. The summed E-state index contributed by atoms with van der Waals surface area (Å²) in [7, 11) is 0. The minimum Gasteiger partial charge on any atom is -0.289 e. The highest BCUT2D eigenvalue weighted by atomic mass is 16.1. The highest BCUT2D eigenvalue weighted by Crippen LogP contribution is 2.38. The molecular weight excluding hydrogens is 328 g/mol. The quantitative estimate of drug-likeness (QED) is 0.382. The molecule has 0 saturated carbocycles. The zero-order valence-electron chi connectivity index (χ0n) is 15.2. The Morgan fingerprint density at radius 3 is 1.59 bits per heavy atom. The first-order valence-electron chi connectivity index (χ1n) is 9.10. The van der Waals surface area contributed by atoms with E-state index in [1.54, 1.807) is 0 Å². The molecule has 0 aromatic heterocycles. The van der Waals surface area contributed by atoms with Gasteiger partial charge in [-0.1, -0.05) is 103 Å². The van der Waals surface area contributed by atoms with E-state index in [2.05, 4.69) is 31.2 Å². The summed E-state index contributed by atoms with van der Waals surface area (Å²) >= 11 is 0. The number of rotatable bonds is 4. The second-order valence-corrected chi connectivity index (χ2v) is 6.61. The van der Waals surface area contributed by atoms with Crippen molar-refractivity contribution in [2.24, 2.45) is 0 Å². The van der Waals surface area contributed by atoms with E-state index in [4.69, 9.17) is 0 Å². The Morgan fingerprint density at radius 1 is 0.556 bits per heavy atom. The van der Waals surface area contributed by atoms with Crippen molar-refractivity contribution in [3.05, 3.63) is 120 Å². The molecule has 1 heteroatoms. The molecule has 1 nitrogen and oxygen atoms in total. The van der Waals surface area contributed by atoms with Gasteiger partial charge in [0.15, 0.2) is 5.78 Å². The Kier molecular flexibility index (Phi) is 4.67. The van der Waals surface area contributed by atoms with E-state index in [-0.39, 0.29) is 5.78 Å². The first kappa shape index (κ1) is 17.0. The first-order chi connectivity index (χ1) is 13.3. The van der Waals surface area contributed by atoms with Crippen LogP contribution in [0.2, 0.25) is 0 Å². The van der Waals surface area contributed by atoms with Gasteiger partial charge in [0.2, 0.25) is 0 Å². The highest BCUT2D eigenvalue weighted by Gasteiger charge is 2.20. The van der Waals surface area contributed by atoms with Crippen LogP contribution in [0.15, 0.2) is 103 Å². The highest BCUT2D eigenvalue weighted by molar-refractivity contribution is 6.15. The van der Waals surface area contributed by atoms with Crippen molar-refractivity contribution >= 4 is 5.78 Å².